The Morgan fingerprint density at radius 1 is 0.565 bits per heavy atom. The van der Waals surface area contributed by atoms with Crippen molar-refractivity contribution < 1.29 is 28.4 Å². The molecule has 0 saturated carbocycles. The number of hydrogen-bond donors (Lipinski definition) is 0. The summed E-state index contributed by atoms with van der Waals surface area (Å²) in [5.41, 5.74) is 0. The Morgan fingerprint density at radius 3 is 1.00 bits per heavy atom. The molecule has 138 valence electrons. The Hall–Kier alpha value is 0.357. The number of ether oxygens (including phenoxy) is 6. The summed E-state index contributed by atoms with van der Waals surface area (Å²) in [5.74, 6) is 0. The van der Waals surface area contributed by atoms with E-state index in [0.29, 0.717) is 52.9 Å². The summed E-state index contributed by atoms with van der Waals surface area (Å²) in [6, 6.07) is 0. The second-order valence-corrected chi connectivity index (χ2v) is 4.55. The fourth-order valence-electron chi connectivity index (χ4n) is 1.13. The molecule has 0 radical (unpaired) electrons. The van der Waals surface area contributed by atoms with Crippen LogP contribution in [0.15, 0.2) is 0 Å². The first kappa shape index (κ1) is 28.2. The maximum atomic E-state index is 5.06. The first-order valence-electron chi connectivity index (χ1n) is 8.36. The van der Waals surface area contributed by atoms with Gasteiger partial charge in [-0.15, -0.1) is 0 Å². The molecule has 0 rings (SSSR count). The molecule has 0 aromatic carbocycles. The van der Waals surface area contributed by atoms with Crippen molar-refractivity contribution in [1.29, 1.82) is 0 Å². The molecule has 0 N–H and O–H groups in total. The molecule has 0 aliphatic heterocycles. The van der Waals surface area contributed by atoms with E-state index >= 15 is 0 Å². The van der Waals surface area contributed by atoms with Gasteiger partial charge in [0.25, 0.3) is 0 Å². The molecular formula is C16H37LiO6. The minimum atomic E-state index is 0.653. The molecule has 0 atom stereocenters. The van der Waals surface area contributed by atoms with Crippen molar-refractivity contribution in [2.75, 3.05) is 81.3 Å². The third kappa shape index (κ3) is 44.9. The predicted molar refractivity (Wildman–Crippen MR) is 94.6 cm³/mol. The van der Waals surface area contributed by atoms with E-state index in [1.165, 1.54) is 17.9 Å². The monoisotopic (exact) mass is 332 g/mol. The van der Waals surface area contributed by atoms with Gasteiger partial charge in [-0.25, -0.2) is 0 Å². The molecular weight excluding hydrogens is 295 g/mol. The van der Waals surface area contributed by atoms with Crippen LogP contribution in [0.2, 0.25) is 5.09 Å². The standard InChI is InChI=1S/2C6H14O3.C4H9.Li/c2*1-7-3-5-9-6-4-8-2;1-3-4-2;/h2*3-6H2,1-2H3;1,3-4H2,2H3;. The van der Waals surface area contributed by atoms with Gasteiger partial charge in [0.1, 0.15) is 0 Å². The van der Waals surface area contributed by atoms with Crippen LogP contribution in [-0.4, -0.2) is 99.0 Å². The molecule has 6 nitrogen and oxygen atoms in total. The van der Waals surface area contributed by atoms with Gasteiger partial charge in [0, 0.05) is 28.4 Å². The van der Waals surface area contributed by atoms with Crippen LogP contribution in [-0.2, 0) is 28.4 Å². The Kier molecular flexibility index (Phi) is 41.5. The average Bonchev–Trinajstić information content (AvgIpc) is 2.57. The van der Waals surface area contributed by atoms with Gasteiger partial charge in [0.2, 0.25) is 0 Å². The van der Waals surface area contributed by atoms with Crippen LogP contribution in [0.5, 0.6) is 0 Å². The first-order chi connectivity index (χ1) is 11.2. The topological polar surface area (TPSA) is 55.4 Å². The third-order valence-electron chi connectivity index (χ3n) is 2.43. The van der Waals surface area contributed by atoms with Crippen LogP contribution in [0.25, 0.3) is 0 Å². The molecule has 0 amide bonds. The molecule has 0 aliphatic rings. The summed E-state index contributed by atoms with van der Waals surface area (Å²) in [7, 11) is 6.61. The molecule has 7 heteroatoms. The van der Waals surface area contributed by atoms with Crippen molar-refractivity contribution in [3.8, 4) is 0 Å². The minimum absolute atomic E-state index is 0.653. The van der Waals surface area contributed by atoms with Crippen LogP contribution in [0.4, 0.5) is 0 Å². The maximum absolute atomic E-state index is 5.06. The van der Waals surface area contributed by atoms with E-state index in [9.17, 15) is 0 Å². The van der Waals surface area contributed by atoms with Crippen LogP contribution >= 0.6 is 0 Å². The van der Waals surface area contributed by atoms with Gasteiger partial charge in [-0.3, -0.25) is 0 Å². The van der Waals surface area contributed by atoms with Gasteiger partial charge in [0.05, 0.1) is 52.9 Å². The van der Waals surface area contributed by atoms with Gasteiger partial charge >= 0.3 is 42.6 Å². The van der Waals surface area contributed by atoms with E-state index in [2.05, 4.69) is 24.6 Å². The summed E-state index contributed by atoms with van der Waals surface area (Å²) in [6.45, 7) is 7.45. The summed E-state index contributed by atoms with van der Waals surface area (Å²) >= 11 is 2.21. The number of rotatable bonds is 14. The molecule has 0 heterocycles. The predicted octanol–water partition coefficient (Wildman–Crippen LogP) is 1.96. The normalized spacial score (nSPS) is 9.70. The molecule has 0 aromatic heterocycles. The third-order valence-corrected chi connectivity index (χ3v) is 2.43. The SMILES string of the molecule is COCCOCCOC.COCCOCCOC.[Li][CH2]CCC. The van der Waals surface area contributed by atoms with Crippen LogP contribution in [0.1, 0.15) is 19.8 Å². The van der Waals surface area contributed by atoms with Crippen molar-refractivity contribution >= 4 is 17.7 Å². The quantitative estimate of drug-likeness (QED) is 0.358. The molecule has 0 bridgehead atoms. The number of methoxy groups -OCH3 is 4. The van der Waals surface area contributed by atoms with Gasteiger partial charge in [-0.05, 0) is 0 Å². The summed E-state index contributed by atoms with van der Waals surface area (Å²) in [4.78, 5) is 0. The molecule has 23 heavy (non-hydrogen) atoms. The summed E-state index contributed by atoms with van der Waals surface area (Å²) in [5, 5.41) is 1.34. The zero-order chi connectivity index (χ0) is 18.0. The Bertz CT molecular complexity index is 136. The van der Waals surface area contributed by atoms with Gasteiger partial charge < -0.3 is 28.4 Å². The van der Waals surface area contributed by atoms with E-state index in [1.807, 2.05) is 0 Å². The van der Waals surface area contributed by atoms with Crippen molar-refractivity contribution in [2.45, 2.75) is 24.9 Å². The molecule has 0 aromatic rings. The van der Waals surface area contributed by atoms with E-state index in [-0.39, 0.29) is 0 Å². The molecule has 0 aliphatic carbocycles. The molecule has 0 saturated heterocycles. The average molecular weight is 332 g/mol. The van der Waals surface area contributed by atoms with Crippen molar-refractivity contribution in [2.24, 2.45) is 0 Å². The zero-order valence-corrected chi connectivity index (χ0v) is 16.2. The van der Waals surface area contributed by atoms with Crippen molar-refractivity contribution in [1.82, 2.24) is 0 Å². The van der Waals surface area contributed by atoms with Gasteiger partial charge in [-0.2, -0.15) is 0 Å². The molecule has 0 spiro atoms. The van der Waals surface area contributed by atoms with Crippen LogP contribution in [0.3, 0.4) is 0 Å². The van der Waals surface area contributed by atoms with E-state index in [1.54, 1.807) is 28.4 Å². The van der Waals surface area contributed by atoms with Crippen molar-refractivity contribution in [3.63, 3.8) is 0 Å². The molecule has 0 unspecified atom stereocenters. The van der Waals surface area contributed by atoms with E-state index in [0.717, 1.165) is 0 Å². The first-order valence-corrected chi connectivity index (χ1v) is 8.36. The summed E-state index contributed by atoms with van der Waals surface area (Å²) < 4.78 is 29.2. The van der Waals surface area contributed by atoms with Crippen molar-refractivity contribution in [3.05, 3.63) is 0 Å². The fraction of sp³-hybridized carbons (Fsp3) is 1.00. The fourth-order valence-corrected chi connectivity index (χ4v) is 1.13. The summed E-state index contributed by atoms with van der Waals surface area (Å²) in [6.07, 6.45) is 2.73. The van der Waals surface area contributed by atoms with Gasteiger partial charge in [0.15, 0.2) is 0 Å². The zero-order valence-electron chi connectivity index (χ0n) is 16.2. The Balaban J connectivity index is -0.000000273. The van der Waals surface area contributed by atoms with Gasteiger partial charge in [-0.1, -0.05) is 0 Å². The second-order valence-electron chi connectivity index (χ2n) is 4.55. The second kappa shape index (κ2) is 33.8. The Labute approximate surface area is 152 Å². The Morgan fingerprint density at radius 2 is 0.870 bits per heavy atom. The van der Waals surface area contributed by atoms with E-state index < -0.39 is 0 Å². The van der Waals surface area contributed by atoms with Crippen LogP contribution in [0, 0.1) is 0 Å². The van der Waals surface area contributed by atoms with Crippen LogP contribution < -0.4 is 0 Å². The number of unbranched alkanes of at least 4 members (excludes halogenated alkanes) is 1. The molecule has 0 fully saturated rings. The van der Waals surface area contributed by atoms with E-state index in [4.69, 9.17) is 28.4 Å². The number of hydrogen-bond acceptors (Lipinski definition) is 6.